The first kappa shape index (κ1) is 24.4. The predicted molar refractivity (Wildman–Crippen MR) is 145 cm³/mol. The maximum absolute atomic E-state index is 12.5. The predicted octanol–water partition coefficient (Wildman–Crippen LogP) is 6.48. The van der Waals surface area contributed by atoms with Gasteiger partial charge in [-0.25, -0.2) is 9.78 Å². The Kier molecular flexibility index (Phi) is 6.30. The van der Waals surface area contributed by atoms with E-state index in [1.165, 1.54) is 11.1 Å². The van der Waals surface area contributed by atoms with Crippen LogP contribution < -0.4 is 4.90 Å². The largest absolute Gasteiger partial charge is 0.479 e. The fourth-order valence-electron chi connectivity index (χ4n) is 4.80. The summed E-state index contributed by atoms with van der Waals surface area (Å²) >= 11 is 1.62. The van der Waals surface area contributed by atoms with Gasteiger partial charge in [-0.3, -0.25) is 4.98 Å². The molecule has 1 N–H and O–H groups in total. The molecular weight excluding hydrogens is 470 g/mol. The molecule has 0 unspecified atom stereocenters. The van der Waals surface area contributed by atoms with Crippen LogP contribution in [0.4, 0.5) is 5.13 Å². The molecule has 1 atom stereocenters. The summed E-state index contributed by atoms with van der Waals surface area (Å²) in [6, 6.07) is 12.3. The van der Waals surface area contributed by atoms with E-state index in [2.05, 4.69) is 40.2 Å². The van der Waals surface area contributed by atoms with Gasteiger partial charge in [0.25, 0.3) is 0 Å². The van der Waals surface area contributed by atoms with Gasteiger partial charge >= 0.3 is 5.97 Å². The van der Waals surface area contributed by atoms with Crippen LogP contribution in [0.1, 0.15) is 54.7 Å². The number of carboxylic acid groups (broad SMARTS) is 1. The van der Waals surface area contributed by atoms with E-state index in [1.54, 1.807) is 11.3 Å². The number of anilines is 1. The number of pyridine rings is 1. The summed E-state index contributed by atoms with van der Waals surface area (Å²) in [7, 11) is 0. The van der Waals surface area contributed by atoms with E-state index in [0.29, 0.717) is 5.56 Å². The number of nitrogens with zero attached hydrogens (tertiary/aromatic N) is 3. The molecule has 2 aromatic heterocycles. The lowest BCUT2D eigenvalue weighted by Gasteiger charge is -2.28. The summed E-state index contributed by atoms with van der Waals surface area (Å²) in [5, 5.41) is 11.2. The Bertz CT molecular complexity index is 1440. The van der Waals surface area contributed by atoms with Crippen LogP contribution in [0.25, 0.3) is 21.3 Å². The Labute approximate surface area is 215 Å². The molecule has 0 saturated heterocycles. The molecule has 36 heavy (non-hydrogen) atoms. The Hall–Kier alpha value is -3.29. The second kappa shape index (κ2) is 9.30. The fraction of sp³-hybridized carbons (Fsp3) is 0.345. The molecule has 0 radical (unpaired) electrons. The molecule has 1 aliphatic heterocycles. The van der Waals surface area contributed by atoms with Crippen LogP contribution in [-0.4, -0.2) is 33.2 Å². The number of aliphatic carboxylic acids is 1. The Balaban J connectivity index is 1.69. The number of thiazole rings is 1. The smallest absolute Gasteiger partial charge is 0.337 e. The Morgan fingerprint density at radius 3 is 2.58 bits per heavy atom. The van der Waals surface area contributed by atoms with Gasteiger partial charge in [-0.05, 0) is 75.4 Å². The van der Waals surface area contributed by atoms with Gasteiger partial charge < -0.3 is 14.7 Å². The van der Waals surface area contributed by atoms with Gasteiger partial charge in [0.1, 0.15) is 0 Å². The van der Waals surface area contributed by atoms with Gasteiger partial charge in [0.05, 0.1) is 15.8 Å². The number of hydrogen-bond donors (Lipinski definition) is 1. The normalized spacial score (nSPS) is 14.6. The summed E-state index contributed by atoms with van der Waals surface area (Å²) in [5.74, 6) is -0.994. The second-order valence-electron chi connectivity index (χ2n) is 10.5. The Morgan fingerprint density at radius 1 is 1.14 bits per heavy atom. The maximum Gasteiger partial charge on any atom is 0.337 e. The zero-order valence-electron chi connectivity index (χ0n) is 21.3. The quantitative estimate of drug-likeness (QED) is 0.337. The van der Waals surface area contributed by atoms with Crippen molar-refractivity contribution < 1.29 is 14.6 Å². The maximum atomic E-state index is 12.5. The summed E-state index contributed by atoms with van der Waals surface area (Å²) in [4.78, 5) is 24.1. The van der Waals surface area contributed by atoms with Crippen LogP contribution in [0.3, 0.4) is 0 Å². The highest BCUT2D eigenvalue weighted by molar-refractivity contribution is 7.22. The van der Waals surface area contributed by atoms with Gasteiger partial charge in [0.2, 0.25) is 0 Å². The SMILES string of the molecule is Cc1ccc(-c2c([C@H](OC(C)(C)C)C(=O)O)c(C)cc3nc(N4CCc5cnccc5C4)sc23)cc1. The number of rotatable bonds is 5. The highest BCUT2D eigenvalue weighted by Gasteiger charge is 2.32. The number of carbonyl (C=O) groups is 1. The first-order valence-corrected chi connectivity index (χ1v) is 13.0. The van der Waals surface area contributed by atoms with Crippen molar-refractivity contribution in [1.29, 1.82) is 0 Å². The third-order valence-electron chi connectivity index (χ3n) is 6.50. The molecule has 0 spiro atoms. The number of hydrogen-bond acceptors (Lipinski definition) is 6. The van der Waals surface area contributed by atoms with Crippen molar-refractivity contribution in [2.24, 2.45) is 0 Å². The van der Waals surface area contributed by atoms with Gasteiger partial charge in [-0.1, -0.05) is 41.2 Å². The highest BCUT2D eigenvalue weighted by atomic mass is 32.1. The van der Waals surface area contributed by atoms with Gasteiger partial charge in [-0.15, -0.1) is 0 Å². The summed E-state index contributed by atoms with van der Waals surface area (Å²) in [6.07, 6.45) is 3.63. The lowest BCUT2D eigenvalue weighted by Crippen LogP contribution is -2.30. The molecule has 7 heteroatoms. The van der Waals surface area contributed by atoms with Crippen molar-refractivity contribution in [3.63, 3.8) is 0 Å². The molecule has 2 aromatic carbocycles. The van der Waals surface area contributed by atoms with Crippen LogP contribution in [0.5, 0.6) is 0 Å². The average molecular weight is 502 g/mol. The van der Waals surface area contributed by atoms with Crippen molar-refractivity contribution in [2.75, 3.05) is 11.4 Å². The minimum absolute atomic E-state index is 0.621. The van der Waals surface area contributed by atoms with Gasteiger partial charge in [-0.2, -0.15) is 0 Å². The molecule has 6 nitrogen and oxygen atoms in total. The van der Waals surface area contributed by atoms with E-state index >= 15 is 0 Å². The first-order valence-electron chi connectivity index (χ1n) is 12.2. The lowest BCUT2D eigenvalue weighted by atomic mass is 9.91. The molecule has 0 amide bonds. The number of fused-ring (bicyclic) bond motifs is 2. The third-order valence-corrected chi connectivity index (χ3v) is 7.65. The fourth-order valence-corrected chi connectivity index (χ4v) is 5.95. The molecule has 0 saturated carbocycles. The van der Waals surface area contributed by atoms with Crippen LogP contribution in [0.2, 0.25) is 0 Å². The minimum atomic E-state index is -1.09. The molecule has 4 aromatic rings. The van der Waals surface area contributed by atoms with E-state index in [1.807, 2.05) is 53.1 Å². The number of aryl methyl sites for hydroxylation is 2. The monoisotopic (exact) mass is 501 g/mol. The molecule has 1 aliphatic rings. The van der Waals surface area contributed by atoms with E-state index < -0.39 is 17.7 Å². The zero-order chi connectivity index (χ0) is 25.6. The molecule has 186 valence electrons. The van der Waals surface area contributed by atoms with Gasteiger partial charge in [0.15, 0.2) is 11.2 Å². The van der Waals surface area contributed by atoms with E-state index in [-0.39, 0.29) is 0 Å². The van der Waals surface area contributed by atoms with Gasteiger partial charge in [0, 0.05) is 36.6 Å². The van der Waals surface area contributed by atoms with Crippen LogP contribution >= 0.6 is 11.3 Å². The van der Waals surface area contributed by atoms with Crippen molar-refractivity contribution in [2.45, 2.75) is 59.3 Å². The number of benzene rings is 2. The minimum Gasteiger partial charge on any atom is -0.479 e. The average Bonchev–Trinajstić information content (AvgIpc) is 3.25. The first-order chi connectivity index (χ1) is 17.1. The number of aromatic nitrogens is 2. The summed E-state index contributed by atoms with van der Waals surface area (Å²) in [5.41, 5.74) is 7.39. The summed E-state index contributed by atoms with van der Waals surface area (Å²) < 4.78 is 7.12. The molecule has 0 bridgehead atoms. The molecule has 3 heterocycles. The highest BCUT2D eigenvalue weighted by Crippen LogP contribution is 2.44. The number of carboxylic acids is 1. The van der Waals surface area contributed by atoms with E-state index in [9.17, 15) is 9.90 Å². The van der Waals surface area contributed by atoms with Crippen molar-refractivity contribution in [3.8, 4) is 11.1 Å². The molecule has 0 fully saturated rings. The van der Waals surface area contributed by atoms with Crippen LogP contribution in [-0.2, 0) is 22.5 Å². The molecule has 0 aliphatic carbocycles. The van der Waals surface area contributed by atoms with E-state index in [4.69, 9.17) is 9.72 Å². The zero-order valence-corrected chi connectivity index (χ0v) is 22.1. The summed E-state index contributed by atoms with van der Waals surface area (Å²) in [6.45, 7) is 11.3. The Morgan fingerprint density at radius 2 is 1.89 bits per heavy atom. The van der Waals surface area contributed by atoms with E-state index in [0.717, 1.165) is 57.1 Å². The van der Waals surface area contributed by atoms with Crippen LogP contribution in [0, 0.1) is 13.8 Å². The lowest BCUT2D eigenvalue weighted by molar-refractivity contribution is -0.160. The number of ether oxygens (including phenoxy) is 1. The molecule has 5 rings (SSSR count). The van der Waals surface area contributed by atoms with Crippen molar-refractivity contribution in [3.05, 3.63) is 76.6 Å². The molecular formula is C29H31N3O3S. The topological polar surface area (TPSA) is 75.6 Å². The van der Waals surface area contributed by atoms with Crippen molar-refractivity contribution >= 4 is 32.7 Å². The third kappa shape index (κ3) is 4.73. The van der Waals surface area contributed by atoms with Crippen molar-refractivity contribution in [1.82, 2.24) is 9.97 Å². The standard InChI is InChI=1S/C29H31N3O3S/c1-17-6-8-19(9-7-17)24-23(25(27(33)34)35-29(3,4)5)18(2)14-22-26(24)36-28(31-22)32-13-11-20-15-30-12-10-21(20)16-32/h6-10,12,14-15,25H,11,13,16H2,1-5H3,(H,33,34)/t25-/m0/s1. The second-order valence-corrected chi connectivity index (χ2v) is 11.4. The van der Waals surface area contributed by atoms with Crippen LogP contribution in [0.15, 0.2) is 48.8 Å².